The normalized spacial score (nSPS) is 11.1. The molecule has 0 amide bonds. The van der Waals surface area contributed by atoms with Gasteiger partial charge in [0, 0.05) is 49.5 Å². The number of nitrogens with zero attached hydrogens (tertiary/aromatic N) is 7. The maximum atomic E-state index is 12.1. The number of aromatic nitrogens is 7. The van der Waals surface area contributed by atoms with E-state index in [1.54, 1.807) is 27.8 Å². The highest BCUT2D eigenvalue weighted by Gasteiger charge is 2.13. The molecule has 142 valence electrons. The molecule has 9 heteroatoms. The monoisotopic (exact) mass is 376 g/mol. The third kappa shape index (κ3) is 3.34. The third-order valence-electron chi connectivity index (χ3n) is 4.49. The van der Waals surface area contributed by atoms with Gasteiger partial charge in [0.15, 0.2) is 11.5 Å². The number of hydrogen-bond acceptors (Lipinski definition) is 7. The maximum Gasteiger partial charge on any atom is 0.348 e. The summed E-state index contributed by atoms with van der Waals surface area (Å²) >= 11 is 0. The van der Waals surface area contributed by atoms with Gasteiger partial charge in [-0.3, -0.25) is 14.2 Å². The van der Waals surface area contributed by atoms with Gasteiger partial charge < -0.3 is 5.32 Å². The molecular formula is C19H20N8O. The highest BCUT2D eigenvalue weighted by molar-refractivity contribution is 5.88. The Morgan fingerprint density at radius 2 is 2.00 bits per heavy atom. The molecule has 28 heavy (non-hydrogen) atoms. The molecule has 9 nitrogen and oxygen atoms in total. The Hall–Kier alpha value is -3.62. The SMILES string of the molecule is Cc1cc(C)n(CCNc2nc(-c3cccnc3)nc3c2cnn3C)c(=O)n1. The number of anilines is 1. The van der Waals surface area contributed by atoms with Gasteiger partial charge in [-0.15, -0.1) is 0 Å². The Labute approximate surface area is 161 Å². The van der Waals surface area contributed by atoms with Gasteiger partial charge in [-0.05, 0) is 32.0 Å². The van der Waals surface area contributed by atoms with E-state index in [0.29, 0.717) is 24.7 Å². The van der Waals surface area contributed by atoms with Crippen LogP contribution in [0.4, 0.5) is 5.82 Å². The first-order chi connectivity index (χ1) is 13.5. The van der Waals surface area contributed by atoms with Crippen molar-refractivity contribution in [3.05, 3.63) is 58.7 Å². The summed E-state index contributed by atoms with van der Waals surface area (Å²) < 4.78 is 3.35. The van der Waals surface area contributed by atoms with Crippen LogP contribution in [0.1, 0.15) is 11.4 Å². The number of nitrogens with one attached hydrogen (secondary N) is 1. The predicted octanol–water partition coefficient (Wildman–Crippen LogP) is 1.71. The van der Waals surface area contributed by atoms with E-state index in [2.05, 4.69) is 30.4 Å². The molecule has 0 aliphatic heterocycles. The molecule has 0 fully saturated rings. The Kier molecular flexibility index (Phi) is 4.56. The first-order valence-electron chi connectivity index (χ1n) is 8.92. The summed E-state index contributed by atoms with van der Waals surface area (Å²) in [5.74, 6) is 1.24. The zero-order chi connectivity index (χ0) is 19.7. The van der Waals surface area contributed by atoms with Gasteiger partial charge in [-0.25, -0.2) is 14.8 Å². The highest BCUT2D eigenvalue weighted by atomic mass is 16.1. The van der Waals surface area contributed by atoms with Crippen LogP contribution in [-0.4, -0.2) is 40.8 Å². The molecule has 0 radical (unpaired) electrons. The van der Waals surface area contributed by atoms with Crippen molar-refractivity contribution in [2.75, 3.05) is 11.9 Å². The van der Waals surface area contributed by atoms with Crippen molar-refractivity contribution in [1.82, 2.24) is 34.3 Å². The summed E-state index contributed by atoms with van der Waals surface area (Å²) in [7, 11) is 1.84. The maximum absolute atomic E-state index is 12.1. The first-order valence-corrected chi connectivity index (χ1v) is 8.92. The second-order valence-electron chi connectivity index (χ2n) is 6.54. The van der Waals surface area contributed by atoms with Crippen LogP contribution in [-0.2, 0) is 13.6 Å². The molecule has 0 aromatic carbocycles. The van der Waals surface area contributed by atoms with Crippen molar-refractivity contribution >= 4 is 16.9 Å². The second-order valence-corrected chi connectivity index (χ2v) is 6.54. The van der Waals surface area contributed by atoms with Crippen LogP contribution in [0.3, 0.4) is 0 Å². The standard InChI is InChI=1S/C19H20N8O/c1-12-9-13(2)27(19(28)23-12)8-7-21-17-15-11-22-26(3)18(15)25-16(24-17)14-5-4-6-20-10-14/h4-6,9-11H,7-8H2,1-3H3,(H,21,24,25). The molecule has 0 bridgehead atoms. The second kappa shape index (κ2) is 7.18. The summed E-state index contributed by atoms with van der Waals surface area (Å²) in [4.78, 5) is 29.5. The predicted molar refractivity (Wildman–Crippen MR) is 106 cm³/mol. The minimum absolute atomic E-state index is 0.246. The van der Waals surface area contributed by atoms with E-state index in [1.807, 2.05) is 39.1 Å². The zero-order valence-corrected chi connectivity index (χ0v) is 15.9. The summed E-state index contributed by atoms with van der Waals surface area (Å²) in [6.07, 6.45) is 5.17. The summed E-state index contributed by atoms with van der Waals surface area (Å²) in [5, 5.41) is 8.43. The number of fused-ring (bicyclic) bond motifs is 1. The minimum atomic E-state index is -0.246. The van der Waals surface area contributed by atoms with Gasteiger partial charge >= 0.3 is 5.69 Å². The van der Waals surface area contributed by atoms with Crippen molar-refractivity contribution in [3.8, 4) is 11.4 Å². The van der Waals surface area contributed by atoms with Crippen LogP contribution in [0.5, 0.6) is 0 Å². The molecule has 0 aliphatic rings. The molecule has 4 aromatic rings. The van der Waals surface area contributed by atoms with Crippen LogP contribution in [0.15, 0.2) is 41.6 Å². The summed E-state index contributed by atoms with van der Waals surface area (Å²) in [5.41, 5.74) is 2.90. The van der Waals surface area contributed by atoms with Gasteiger partial charge in [-0.2, -0.15) is 10.1 Å². The van der Waals surface area contributed by atoms with Crippen LogP contribution in [0.25, 0.3) is 22.4 Å². The quantitative estimate of drug-likeness (QED) is 0.565. The fraction of sp³-hybridized carbons (Fsp3) is 0.263. The Balaban J connectivity index is 1.64. The number of rotatable bonds is 5. The molecule has 0 saturated heterocycles. The minimum Gasteiger partial charge on any atom is -0.368 e. The van der Waals surface area contributed by atoms with Crippen LogP contribution in [0, 0.1) is 13.8 Å². The first kappa shape index (κ1) is 17.8. The fourth-order valence-corrected chi connectivity index (χ4v) is 3.11. The smallest absolute Gasteiger partial charge is 0.348 e. The van der Waals surface area contributed by atoms with Crippen molar-refractivity contribution in [1.29, 1.82) is 0 Å². The van der Waals surface area contributed by atoms with Gasteiger partial charge in [0.1, 0.15) is 5.82 Å². The molecule has 4 heterocycles. The number of aryl methyl sites for hydroxylation is 3. The van der Waals surface area contributed by atoms with E-state index in [0.717, 1.165) is 28.0 Å². The Morgan fingerprint density at radius 3 is 2.75 bits per heavy atom. The lowest BCUT2D eigenvalue weighted by Gasteiger charge is -2.12. The summed E-state index contributed by atoms with van der Waals surface area (Å²) in [6.45, 7) is 4.71. The molecule has 0 atom stereocenters. The molecule has 0 spiro atoms. The van der Waals surface area contributed by atoms with Crippen LogP contribution >= 0.6 is 0 Å². The van der Waals surface area contributed by atoms with Gasteiger partial charge in [0.05, 0.1) is 11.6 Å². The highest BCUT2D eigenvalue weighted by Crippen LogP contribution is 2.24. The van der Waals surface area contributed by atoms with E-state index in [9.17, 15) is 4.79 Å². The average Bonchev–Trinajstić information content (AvgIpc) is 3.05. The third-order valence-corrected chi connectivity index (χ3v) is 4.49. The number of pyridine rings is 1. The van der Waals surface area contributed by atoms with Crippen molar-refractivity contribution in [2.45, 2.75) is 20.4 Å². The average molecular weight is 376 g/mol. The molecule has 4 aromatic heterocycles. The molecule has 1 N–H and O–H groups in total. The van der Waals surface area contributed by atoms with E-state index in [-0.39, 0.29) is 5.69 Å². The molecule has 4 rings (SSSR count). The lowest BCUT2D eigenvalue weighted by Crippen LogP contribution is -2.28. The van der Waals surface area contributed by atoms with Crippen LogP contribution in [0.2, 0.25) is 0 Å². The van der Waals surface area contributed by atoms with Crippen molar-refractivity contribution in [3.63, 3.8) is 0 Å². The molecule has 0 unspecified atom stereocenters. The van der Waals surface area contributed by atoms with Crippen LogP contribution < -0.4 is 11.0 Å². The summed E-state index contributed by atoms with van der Waals surface area (Å²) in [6, 6.07) is 5.65. The van der Waals surface area contributed by atoms with Crippen molar-refractivity contribution in [2.24, 2.45) is 7.05 Å². The van der Waals surface area contributed by atoms with Gasteiger partial charge in [-0.1, -0.05) is 0 Å². The van der Waals surface area contributed by atoms with E-state index in [1.165, 1.54) is 0 Å². The molecule has 0 aliphatic carbocycles. The van der Waals surface area contributed by atoms with Gasteiger partial charge in [0.25, 0.3) is 0 Å². The van der Waals surface area contributed by atoms with E-state index in [4.69, 9.17) is 0 Å². The lowest BCUT2D eigenvalue weighted by atomic mass is 10.2. The number of hydrogen-bond donors (Lipinski definition) is 1. The Morgan fingerprint density at radius 1 is 1.14 bits per heavy atom. The Bertz CT molecular complexity index is 1200. The van der Waals surface area contributed by atoms with E-state index >= 15 is 0 Å². The molecule has 0 saturated carbocycles. The topological polar surface area (TPSA) is 103 Å². The molecular weight excluding hydrogens is 356 g/mol. The largest absolute Gasteiger partial charge is 0.368 e. The van der Waals surface area contributed by atoms with Gasteiger partial charge in [0.2, 0.25) is 0 Å². The van der Waals surface area contributed by atoms with E-state index < -0.39 is 0 Å². The fourth-order valence-electron chi connectivity index (χ4n) is 3.11. The lowest BCUT2D eigenvalue weighted by molar-refractivity contribution is 0.647. The van der Waals surface area contributed by atoms with Crippen molar-refractivity contribution < 1.29 is 0 Å². The zero-order valence-electron chi connectivity index (χ0n) is 15.9.